The van der Waals surface area contributed by atoms with Crippen LogP contribution < -0.4 is 15.4 Å². The maximum atomic E-state index is 10.6. The predicted octanol–water partition coefficient (Wildman–Crippen LogP) is 4.77. The molecule has 7 nitrogen and oxygen atoms in total. The first-order valence-corrected chi connectivity index (χ1v) is 10.9. The number of benzene rings is 1. The molecule has 1 atom stereocenters. The monoisotopic (exact) mass is 544 g/mol. The van der Waals surface area contributed by atoms with Crippen molar-refractivity contribution in [1.82, 2.24) is 15.8 Å². The van der Waals surface area contributed by atoms with Gasteiger partial charge in [0.2, 0.25) is 0 Å². The van der Waals surface area contributed by atoms with Gasteiger partial charge in [-0.1, -0.05) is 31.1 Å². The minimum Gasteiger partial charge on any atom is -0.491 e. The molecule has 8 heteroatoms. The number of halogens is 1. The van der Waals surface area contributed by atoms with E-state index in [1.165, 1.54) is 0 Å². The summed E-state index contributed by atoms with van der Waals surface area (Å²) in [6.07, 6.45) is 1.48. The zero-order valence-corrected chi connectivity index (χ0v) is 21.6. The standard InChI is InChI=1S/C23H36N4O3.HI/c1-6-17(7-2)21-13-20(30-27-21)14-25-23(24-8-3)26-15-22(28)18-10-9-11-19(12-18)29-16(4)5;/h9-13,16-17,22,28H,6-8,14-15H2,1-5H3,(H2,24,25,26);1H. The molecule has 0 aliphatic rings. The van der Waals surface area contributed by atoms with E-state index in [0.29, 0.717) is 25.0 Å². The molecular formula is C23H37IN4O3. The van der Waals surface area contributed by atoms with Crippen LogP contribution >= 0.6 is 24.0 Å². The molecule has 0 aliphatic heterocycles. The lowest BCUT2D eigenvalue weighted by molar-refractivity contribution is 0.179. The smallest absolute Gasteiger partial charge is 0.191 e. The summed E-state index contributed by atoms with van der Waals surface area (Å²) in [7, 11) is 0. The molecule has 1 aromatic heterocycles. The summed E-state index contributed by atoms with van der Waals surface area (Å²) in [4.78, 5) is 4.56. The van der Waals surface area contributed by atoms with E-state index in [2.05, 4.69) is 34.6 Å². The van der Waals surface area contributed by atoms with Crippen LogP contribution in [0.1, 0.15) is 76.5 Å². The number of ether oxygens (including phenoxy) is 1. The number of rotatable bonds is 11. The van der Waals surface area contributed by atoms with Crippen LogP contribution in [0.3, 0.4) is 0 Å². The molecule has 0 amide bonds. The first-order chi connectivity index (χ1) is 14.5. The van der Waals surface area contributed by atoms with Gasteiger partial charge >= 0.3 is 0 Å². The van der Waals surface area contributed by atoms with Crippen LogP contribution in [-0.2, 0) is 6.54 Å². The Kier molecular flexibility index (Phi) is 12.5. The molecule has 2 aromatic rings. The average molecular weight is 544 g/mol. The van der Waals surface area contributed by atoms with Gasteiger partial charge in [0, 0.05) is 25.1 Å². The van der Waals surface area contributed by atoms with E-state index in [-0.39, 0.29) is 30.1 Å². The van der Waals surface area contributed by atoms with E-state index >= 15 is 0 Å². The van der Waals surface area contributed by atoms with E-state index < -0.39 is 6.10 Å². The largest absolute Gasteiger partial charge is 0.491 e. The van der Waals surface area contributed by atoms with E-state index in [0.717, 1.165) is 42.2 Å². The van der Waals surface area contributed by atoms with Gasteiger partial charge in [0.05, 0.1) is 17.9 Å². The second kappa shape index (κ2) is 14.3. The Morgan fingerprint density at radius 1 is 1.16 bits per heavy atom. The molecule has 1 unspecified atom stereocenters. The second-order valence-corrected chi connectivity index (χ2v) is 7.56. The number of aliphatic hydroxyl groups excluding tert-OH is 1. The highest BCUT2D eigenvalue weighted by atomic mass is 127. The number of aliphatic imine (C=N–C) groups is 1. The minimum atomic E-state index is -0.684. The Morgan fingerprint density at radius 3 is 2.55 bits per heavy atom. The summed E-state index contributed by atoms with van der Waals surface area (Å²) >= 11 is 0. The fourth-order valence-electron chi connectivity index (χ4n) is 3.18. The van der Waals surface area contributed by atoms with Gasteiger partial charge < -0.3 is 25.0 Å². The molecular weight excluding hydrogens is 507 g/mol. The van der Waals surface area contributed by atoms with Crippen molar-refractivity contribution in [1.29, 1.82) is 0 Å². The predicted molar refractivity (Wildman–Crippen MR) is 135 cm³/mol. The van der Waals surface area contributed by atoms with Crippen molar-refractivity contribution < 1.29 is 14.4 Å². The molecule has 0 spiro atoms. The third-order valence-electron chi connectivity index (χ3n) is 4.80. The van der Waals surface area contributed by atoms with Crippen LogP contribution in [0, 0.1) is 0 Å². The summed E-state index contributed by atoms with van der Waals surface area (Å²) in [5, 5.41) is 21.1. The Hall–Kier alpha value is -1.81. The molecule has 3 N–H and O–H groups in total. The van der Waals surface area contributed by atoms with Gasteiger partial charge in [0.25, 0.3) is 0 Å². The Labute approximate surface area is 203 Å². The van der Waals surface area contributed by atoms with Crippen LogP contribution in [0.5, 0.6) is 5.75 Å². The number of nitrogens with one attached hydrogen (secondary N) is 2. The van der Waals surface area contributed by atoms with E-state index in [4.69, 9.17) is 9.26 Å². The third-order valence-corrected chi connectivity index (χ3v) is 4.80. The number of aliphatic hydroxyl groups is 1. The van der Waals surface area contributed by atoms with Crippen molar-refractivity contribution in [3.05, 3.63) is 47.3 Å². The van der Waals surface area contributed by atoms with Crippen LogP contribution in [-0.4, -0.2) is 35.4 Å². The first-order valence-electron chi connectivity index (χ1n) is 10.9. The van der Waals surface area contributed by atoms with Gasteiger partial charge in [-0.15, -0.1) is 24.0 Å². The molecule has 31 heavy (non-hydrogen) atoms. The molecule has 0 fully saturated rings. The van der Waals surface area contributed by atoms with E-state index in [9.17, 15) is 5.11 Å². The zero-order valence-electron chi connectivity index (χ0n) is 19.2. The van der Waals surface area contributed by atoms with Crippen molar-refractivity contribution in [3.8, 4) is 5.75 Å². The number of nitrogens with zero attached hydrogens (tertiary/aromatic N) is 2. The molecule has 0 bridgehead atoms. The summed E-state index contributed by atoms with van der Waals surface area (Å²) in [6.45, 7) is 11.7. The Morgan fingerprint density at radius 2 is 1.90 bits per heavy atom. The first kappa shape index (κ1) is 27.2. The SMILES string of the molecule is CCNC(=NCc1cc(C(CC)CC)no1)NCC(O)c1cccc(OC(C)C)c1.I. The van der Waals surface area contributed by atoms with Crippen molar-refractivity contribution in [2.24, 2.45) is 4.99 Å². The Balaban J connectivity index is 0.00000480. The highest BCUT2D eigenvalue weighted by molar-refractivity contribution is 14.0. The lowest BCUT2D eigenvalue weighted by Gasteiger charge is -2.17. The maximum Gasteiger partial charge on any atom is 0.191 e. The van der Waals surface area contributed by atoms with Crippen molar-refractivity contribution in [3.63, 3.8) is 0 Å². The number of guanidine groups is 1. The molecule has 0 aliphatic carbocycles. The molecule has 2 rings (SSSR count). The van der Waals surface area contributed by atoms with Gasteiger partial charge in [-0.25, -0.2) is 4.99 Å². The van der Waals surface area contributed by atoms with E-state index in [1.807, 2.05) is 51.1 Å². The summed E-state index contributed by atoms with van der Waals surface area (Å²) in [6, 6.07) is 9.51. The quantitative estimate of drug-likeness (QED) is 0.215. The average Bonchev–Trinajstić information content (AvgIpc) is 3.19. The van der Waals surface area contributed by atoms with Gasteiger partial charge in [0.15, 0.2) is 11.7 Å². The van der Waals surface area contributed by atoms with Crippen LogP contribution in [0.15, 0.2) is 39.8 Å². The van der Waals surface area contributed by atoms with Gasteiger partial charge in [-0.2, -0.15) is 0 Å². The molecule has 0 radical (unpaired) electrons. The number of aromatic nitrogens is 1. The van der Waals surface area contributed by atoms with E-state index in [1.54, 1.807) is 0 Å². The molecule has 0 saturated heterocycles. The molecule has 0 saturated carbocycles. The van der Waals surface area contributed by atoms with Crippen molar-refractivity contribution in [2.75, 3.05) is 13.1 Å². The fraction of sp³-hybridized carbons (Fsp3) is 0.565. The summed E-state index contributed by atoms with van der Waals surface area (Å²) < 4.78 is 11.1. The summed E-state index contributed by atoms with van der Waals surface area (Å²) in [5.41, 5.74) is 1.78. The topological polar surface area (TPSA) is 91.9 Å². The normalized spacial score (nSPS) is 12.6. The highest BCUT2D eigenvalue weighted by Crippen LogP contribution is 2.23. The van der Waals surface area contributed by atoms with Gasteiger partial charge in [0.1, 0.15) is 12.3 Å². The lowest BCUT2D eigenvalue weighted by Crippen LogP contribution is -2.39. The Bertz CT molecular complexity index is 791. The van der Waals surface area contributed by atoms with Gasteiger partial charge in [-0.3, -0.25) is 0 Å². The van der Waals surface area contributed by atoms with Gasteiger partial charge in [-0.05, 0) is 51.3 Å². The van der Waals surface area contributed by atoms with Crippen molar-refractivity contribution in [2.45, 2.75) is 72.1 Å². The number of hydrogen-bond donors (Lipinski definition) is 3. The zero-order chi connectivity index (χ0) is 21.9. The highest BCUT2D eigenvalue weighted by Gasteiger charge is 2.13. The maximum absolute atomic E-state index is 10.6. The number of hydrogen-bond acceptors (Lipinski definition) is 5. The summed E-state index contributed by atoms with van der Waals surface area (Å²) in [5.74, 6) is 2.52. The molecule has 174 valence electrons. The molecule has 1 aromatic carbocycles. The van der Waals surface area contributed by atoms with Crippen molar-refractivity contribution >= 4 is 29.9 Å². The fourth-order valence-corrected chi connectivity index (χ4v) is 3.18. The van der Waals surface area contributed by atoms with Crippen LogP contribution in [0.25, 0.3) is 0 Å². The minimum absolute atomic E-state index is 0. The third kappa shape index (κ3) is 9.06. The molecule has 1 heterocycles. The van der Waals surface area contributed by atoms with Crippen LogP contribution in [0.2, 0.25) is 0 Å². The van der Waals surface area contributed by atoms with Crippen LogP contribution in [0.4, 0.5) is 0 Å². The second-order valence-electron chi connectivity index (χ2n) is 7.56. The lowest BCUT2D eigenvalue weighted by atomic mass is 9.99.